The second-order valence-electron chi connectivity index (χ2n) is 6.29. The van der Waals surface area contributed by atoms with Gasteiger partial charge in [0.15, 0.2) is 5.96 Å². The van der Waals surface area contributed by atoms with Gasteiger partial charge in [-0.15, -0.1) is 24.0 Å². The van der Waals surface area contributed by atoms with Crippen LogP contribution < -0.4 is 10.6 Å². The zero-order valence-electron chi connectivity index (χ0n) is 15.6. The number of aliphatic imine (C=N–C) groups is 1. The summed E-state index contributed by atoms with van der Waals surface area (Å²) in [6, 6.07) is 5.27. The fraction of sp³-hybridized carbons (Fsp3) is 0.500. The molecular formula is C18H26FIN6O. The van der Waals surface area contributed by atoms with E-state index >= 15 is 0 Å². The second-order valence-corrected chi connectivity index (χ2v) is 6.29. The van der Waals surface area contributed by atoms with E-state index in [2.05, 4.69) is 25.7 Å². The first-order chi connectivity index (χ1) is 12.7. The Hall–Kier alpha value is -1.75. The molecule has 1 aliphatic rings. The maximum absolute atomic E-state index is 13.7. The van der Waals surface area contributed by atoms with Crippen LogP contribution in [-0.4, -0.2) is 40.4 Å². The second kappa shape index (κ2) is 10.5. The summed E-state index contributed by atoms with van der Waals surface area (Å²) in [5.41, 5.74) is 1.49. The van der Waals surface area contributed by atoms with Crippen molar-refractivity contribution >= 4 is 29.9 Å². The van der Waals surface area contributed by atoms with Crippen molar-refractivity contribution in [2.24, 2.45) is 4.99 Å². The number of aryl methyl sites for hydroxylation is 1. The molecule has 0 amide bonds. The molecular weight excluding hydrogens is 462 g/mol. The first-order valence-electron chi connectivity index (χ1n) is 8.87. The SMILES string of the molecule is CCNC(=NCc1ccc(F)c(COC)c1)NC1CCc2ncnn2C1.I. The maximum atomic E-state index is 13.7. The number of guanidine groups is 1. The average molecular weight is 488 g/mol. The van der Waals surface area contributed by atoms with Crippen molar-refractivity contribution in [1.29, 1.82) is 0 Å². The molecule has 1 atom stereocenters. The van der Waals surface area contributed by atoms with Crippen LogP contribution in [0.2, 0.25) is 0 Å². The van der Waals surface area contributed by atoms with E-state index in [1.54, 1.807) is 25.6 Å². The van der Waals surface area contributed by atoms with Gasteiger partial charge in [0.2, 0.25) is 0 Å². The topological polar surface area (TPSA) is 76.4 Å². The van der Waals surface area contributed by atoms with Crippen molar-refractivity contribution in [1.82, 2.24) is 25.4 Å². The smallest absolute Gasteiger partial charge is 0.191 e. The summed E-state index contributed by atoms with van der Waals surface area (Å²) in [6.07, 6.45) is 3.48. The normalized spacial score (nSPS) is 16.4. The van der Waals surface area contributed by atoms with Crippen molar-refractivity contribution in [3.8, 4) is 0 Å². The minimum Gasteiger partial charge on any atom is -0.380 e. The monoisotopic (exact) mass is 488 g/mol. The van der Waals surface area contributed by atoms with E-state index in [1.807, 2.05) is 11.6 Å². The lowest BCUT2D eigenvalue weighted by molar-refractivity contribution is 0.181. The van der Waals surface area contributed by atoms with Crippen molar-refractivity contribution in [2.75, 3.05) is 13.7 Å². The van der Waals surface area contributed by atoms with Gasteiger partial charge in [-0.2, -0.15) is 5.10 Å². The quantitative estimate of drug-likeness (QED) is 0.371. The molecule has 0 aliphatic carbocycles. The molecule has 2 aromatic rings. The van der Waals surface area contributed by atoms with Crippen LogP contribution in [0.4, 0.5) is 4.39 Å². The van der Waals surface area contributed by atoms with E-state index < -0.39 is 0 Å². The van der Waals surface area contributed by atoms with Crippen molar-refractivity contribution in [2.45, 2.75) is 45.5 Å². The Labute approximate surface area is 175 Å². The van der Waals surface area contributed by atoms with Crippen LogP contribution in [-0.2, 0) is 30.9 Å². The van der Waals surface area contributed by atoms with Crippen LogP contribution in [0.25, 0.3) is 0 Å². The van der Waals surface area contributed by atoms with Crippen molar-refractivity contribution in [3.63, 3.8) is 0 Å². The number of nitrogens with zero attached hydrogens (tertiary/aromatic N) is 4. The Balaban J connectivity index is 0.00000261. The zero-order chi connectivity index (χ0) is 18.4. The summed E-state index contributed by atoms with van der Waals surface area (Å²) in [5.74, 6) is 1.52. The number of halogens is 2. The van der Waals surface area contributed by atoms with E-state index in [4.69, 9.17) is 4.74 Å². The van der Waals surface area contributed by atoms with E-state index in [0.717, 1.165) is 43.3 Å². The van der Waals surface area contributed by atoms with Gasteiger partial charge in [0.05, 0.1) is 19.7 Å². The highest BCUT2D eigenvalue weighted by Crippen LogP contribution is 2.13. The molecule has 0 bridgehead atoms. The zero-order valence-corrected chi connectivity index (χ0v) is 17.9. The standard InChI is InChI=1S/C18H25FN6O.HI/c1-3-20-18(24-15-5-7-17-22-12-23-25(17)10-15)21-9-13-4-6-16(19)14(8-13)11-26-2;/h4,6,8,12,15H,3,5,7,9-11H2,1-2H3,(H2,20,21,24);1H. The Morgan fingerprint density at radius 2 is 2.30 bits per heavy atom. The summed E-state index contributed by atoms with van der Waals surface area (Å²) in [7, 11) is 1.56. The molecule has 1 aliphatic heterocycles. The number of ether oxygens (including phenoxy) is 1. The third-order valence-electron chi connectivity index (χ3n) is 4.32. The van der Waals surface area contributed by atoms with Crippen LogP contribution in [0.3, 0.4) is 0 Å². The molecule has 1 aromatic carbocycles. The minimum atomic E-state index is -0.254. The molecule has 27 heavy (non-hydrogen) atoms. The number of nitrogens with one attached hydrogen (secondary N) is 2. The number of aromatic nitrogens is 3. The lowest BCUT2D eigenvalue weighted by atomic mass is 10.1. The third kappa shape index (κ3) is 5.86. The number of rotatable bonds is 6. The third-order valence-corrected chi connectivity index (χ3v) is 4.32. The van der Waals surface area contributed by atoms with Gasteiger partial charge in [-0.1, -0.05) is 6.07 Å². The summed E-state index contributed by atoms with van der Waals surface area (Å²) >= 11 is 0. The Bertz CT molecular complexity index is 766. The van der Waals surface area contributed by atoms with Gasteiger partial charge in [-0.05, 0) is 31.0 Å². The first-order valence-corrected chi connectivity index (χ1v) is 8.87. The minimum absolute atomic E-state index is 0. The molecule has 9 heteroatoms. The van der Waals surface area contributed by atoms with Crippen LogP contribution >= 0.6 is 24.0 Å². The Kier molecular flexibility index (Phi) is 8.42. The number of fused-ring (bicyclic) bond motifs is 1. The highest BCUT2D eigenvalue weighted by Gasteiger charge is 2.20. The van der Waals surface area contributed by atoms with Gasteiger partial charge in [0.25, 0.3) is 0 Å². The molecule has 2 heterocycles. The van der Waals surface area contributed by atoms with Gasteiger partial charge in [-0.25, -0.2) is 19.0 Å². The molecule has 3 rings (SSSR count). The number of methoxy groups -OCH3 is 1. The first kappa shape index (κ1) is 21.5. The van der Waals surface area contributed by atoms with Gasteiger partial charge in [-0.3, -0.25) is 0 Å². The van der Waals surface area contributed by atoms with E-state index in [1.165, 1.54) is 6.07 Å². The van der Waals surface area contributed by atoms with Gasteiger partial charge >= 0.3 is 0 Å². The maximum Gasteiger partial charge on any atom is 0.191 e. The molecule has 0 radical (unpaired) electrons. The van der Waals surface area contributed by atoms with Crippen molar-refractivity contribution in [3.05, 3.63) is 47.3 Å². The molecule has 148 valence electrons. The predicted molar refractivity (Wildman–Crippen MR) is 113 cm³/mol. The van der Waals surface area contributed by atoms with E-state index in [0.29, 0.717) is 12.1 Å². The van der Waals surface area contributed by atoms with Crippen LogP contribution in [0, 0.1) is 5.82 Å². The number of benzene rings is 1. The summed E-state index contributed by atoms with van der Waals surface area (Å²) in [4.78, 5) is 8.89. The molecule has 2 N–H and O–H groups in total. The number of hydrogen-bond donors (Lipinski definition) is 2. The van der Waals surface area contributed by atoms with E-state index in [-0.39, 0.29) is 42.4 Å². The van der Waals surface area contributed by atoms with Crippen LogP contribution in [0.1, 0.15) is 30.3 Å². The van der Waals surface area contributed by atoms with Crippen LogP contribution in [0.5, 0.6) is 0 Å². The fourth-order valence-corrected chi connectivity index (χ4v) is 3.03. The number of hydrogen-bond acceptors (Lipinski definition) is 4. The predicted octanol–water partition coefficient (Wildman–Crippen LogP) is 2.25. The lowest BCUT2D eigenvalue weighted by Gasteiger charge is -2.25. The molecule has 1 unspecified atom stereocenters. The molecule has 0 saturated carbocycles. The Morgan fingerprint density at radius 3 is 3.07 bits per heavy atom. The van der Waals surface area contributed by atoms with Gasteiger partial charge in [0, 0.05) is 31.7 Å². The molecule has 0 fully saturated rings. The molecule has 7 nitrogen and oxygen atoms in total. The molecule has 1 aromatic heterocycles. The highest BCUT2D eigenvalue weighted by molar-refractivity contribution is 14.0. The lowest BCUT2D eigenvalue weighted by Crippen LogP contribution is -2.47. The van der Waals surface area contributed by atoms with Gasteiger partial charge in [0.1, 0.15) is 18.0 Å². The molecule has 0 spiro atoms. The van der Waals surface area contributed by atoms with Gasteiger partial charge < -0.3 is 15.4 Å². The van der Waals surface area contributed by atoms with Crippen molar-refractivity contribution < 1.29 is 9.13 Å². The van der Waals surface area contributed by atoms with Crippen LogP contribution in [0.15, 0.2) is 29.5 Å². The Morgan fingerprint density at radius 1 is 1.44 bits per heavy atom. The fourth-order valence-electron chi connectivity index (χ4n) is 3.03. The highest BCUT2D eigenvalue weighted by atomic mass is 127. The van der Waals surface area contributed by atoms with E-state index in [9.17, 15) is 4.39 Å². The summed E-state index contributed by atoms with van der Waals surface area (Å²) in [5, 5.41) is 11.0. The summed E-state index contributed by atoms with van der Waals surface area (Å²) < 4.78 is 20.7. The average Bonchev–Trinajstić information content (AvgIpc) is 3.10. The largest absolute Gasteiger partial charge is 0.380 e. The summed E-state index contributed by atoms with van der Waals surface area (Å²) in [6.45, 7) is 4.29. The molecule has 0 saturated heterocycles.